The number of piperidine rings is 1. The minimum Gasteiger partial charge on any atom is -0.444 e. The van der Waals surface area contributed by atoms with Gasteiger partial charge in [-0.05, 0) is 64.7 Å². The Kier molecular flexibility index (Phi) is 5.40. The Morgan fingerprint density at radius 2 is 1.79 bits per heavy atom. The van der Waals surface area contributed by atoms with E-state index in [-0.39, 0.29) is 6.09 Å². The molecule has 5 heteroatoms. The van der Waals surface area contributed by atoms with Crippen molar-refractivity contribution >= 4 is 6.09 Å². The predicted molar refractivity (Wildman–Crippen MR) is 94.1 cm³/mol. The summed E-state index contributed by atoms with van der Waals surface area (Å²) in [5.74, 6) is 0. The van der Waals surface area contributed by atoms with Crippen LogP contribution in [0.4, 0.5) is 4.79 Å². The number of carbonyl (C=O) groups excluding carboxylic acids is 1. The summed E-state index contributed by atoms with van der Waals surface area (Å²) in [5.41, 5.74) is 0.0615. The van der Waals surface area contributed by atoms with E-state index < -0.39 is 5.60 Å². The Balaban J connectivity index is 1.48. The molecule has 3 rings (SSSR count). The van der Waals surface area contributed by atoms with Crippen molar-refractivity contribution in [3.8, 4) is 0 Å². The predicted octanol–water partition coefficient (Wildman–Crippen LogP) is 3.32. The highest BCUT2D eigenvalue weighted by molar-refractivity contribution is 5.68. The number of ether oxygens (including phenoxy) is 2. The Morgan fingerprint density at radius 3 is 2.42 bits per heavy atom. The molecule has 5 nitrogen and oxygen atoms in total. The van der Waals surface area contributed by atoms with Crippen LogP contribution in [0, 0.1) is 5.41 Å². The highest BCUT2D eigenvalue weighted by Gasteiger charge is 2.44. The molecule has 1 aliphatic carbocycles. The summed E-state index contributed by atoms with van der Waals surface area (Å²) in [5, 5.41) is 3.95. The van der Waals surface area contributed by atoms with Crippen LogP contribution in [0.5, 0.6) is 0 Å². The summed E-state index contributed by atoms with van der Waals surface area (Å²) in [7, 11) is 0. The fourth-order valence-electron chi connectivity index (χ4n) is 4.61. The van der Waals surface area contributed by atoms with Crippen LogP contribution in [-0.4, -0.2) is 55.0 Å². The molecule has 138 valence electrons. The minimum atomic E-state index is -0.411. The lowest BCUT2D eigenvalue weighted by Crippen LogP contribution is -2.52. The zero-order valence-electron chi connectivity index (χ0n) is 15.6. The Hall–Kier alpha value is -0.810. The molecule has 1 unspecified atom stereocenters. The summed E-state index contributed by atoms with van der Waals surface area (Å²) in [4.78, 5) is 14.0. The Labute approximate surface area is 146 Å². The van der Waals surface area contributed by atoms with Crippen molar-refractivity contribution < 1.29 is 14.3 Å². The standard InChI is InChI=1S/C19H34N2O3/c1-18(2,3)24-17(22)21-11-6-15(7-12-21)20-16-5-4-8-19(16)9-13-23-14-10-19/h15-16,20H,4-14H2,1-3H3. The summed E-state index contributed by atoms with van der Waals surface area (Å²) in [6, 6.07) is 1.17. The maximum Gasteiger partial charge on any atom is 0.410 e. The van der Waals surface area contributed by atoms with Crippen LogP contribution < -0.4 is 5.32 Å². The van der Waals surface area contributed by atoms with Gasteiger partial charge >= 0.3 is 6.09 Å². The van der Waals surface area contributed by atoms with Crippen molar-refractivity contribution in [2.24, 2.45) is 5.41 Å². The van der Waals surface area contributed by atoms with Gasteiger partial charge in [0.2, 0.25) is 0 Å². The van der Waals surface area contributed by atoms with Crippen LogP contribution in [0.1, 0.15) is 65.7 Å². The van der Waals surface area contributed by atoms with Crippen LogP contribution in [0.15, 0.2) is 0 Å². The lowest BCUT2D eigenvalue weighted by Gasteiger charge is -2.42. The Bertz CT molecular complexity index is 432. The van der Waals surface area contributed by atoms with Crippen molar-refractivity contribution in [2.75, 3.05) is 26.3 Å². The quantitative estimate of drug-likeness (QED) is 0.839. The molecule has 24 heavy (non-hydrogen) atoms. The molecule has 0 aromatic heterocycles. The van der Waals surface area contributed by atoms with E-state index in [1.165, 1.54) is 32.1 Å². The highest BCUT2D eigenvalue weighted by Crippen LogP contribution is 2.46. The second-order valence-corrected chi connectivity index (χ2v) is 8.83. The third-order valence-corrected chi connectivity index (χ3v) is 5.98. The SMILES string of the molecule is CC(C)(C)OC(=O)N1CCC(NC2CCCC23CCOCC3)CC1. The van der Waals surface area contributed by atoms with E-state index in [2.05, 4.69) is 5.32 Å². The number of hydrogen-bond acceptors (Lipinski definition) is 4. The molecular weight excluding hydrogens is 304 g/mol. The molecule has 2 aliphatic heterocycles. The zero-order chi connectivity index (χ0) is 17.2. The van der Waals surface area contributed by atoms with Gasteiger partial charge in [-0.15, -0.1) is 0 Å². The van der Waals surface area contributed by atoms with Crippen LogP contribution in [0.2, 0.25) is 0 Å². The van der Waals surface area contributed by atoms with Crippen molar-refractivity contribution in [3.63, 3.8) is 0 Å². The molecule has 0 bridgehead atoms. The first-order valence-electron chi connectivity index (χ1n) is 9.70. The van der Waals surface area contributed by atoms with E-state index in [9.17, 15) is 4.79 Å². The maximum absolute atomic E-state index is 12.2. The molecular formula is C19H34N2O3. The summed E-state index contributed by atoms with van der Waals surface area (Å²) < 4.78 is 11.1. The van der Waals surface area contributed by atoms with Crippen molar-refractivity contribution in [2.45, 2.75) is 83.4 Å². The van der Waals surface area contributed by atoms with Gasteiger partial charge in [0.15, 0.2) is 0 Å². The van der Waals surface area contributed by atoms with Crippen molar-refractivity contribution in [3.05, 3.63) is 0 Å². The first-order valence-corrected chi connectivity index (χ1v) is 9.70. The van der Waals surface area contributed by atoms with Gasteiger partial charge in [0.05, 0.1) is 0 Å². The van der Waals surface area contributed by atoms with Gasteiger partial charge in [-0.1, -0.05) is 6.42 Å². The Morgan fingerprint density at radius 1 is 1.12 bits per heavy atom. The summed E-state index contributed by atoms with van der Waals surface area (Å²) >= 11 is 0. The van der Waals surface area contributed by atoms with E-state index in [1.807, 2.05) is 25.7 Å². The number of nitrogens with one attached hydrogen (secondary N) is 1. The van der Waals surface area contributed by atoms with Crippen LogP contribution in [-0.2, 0) is 9.47 Å². The van der Waals surface area contributed by atoms with E-state index in [4.69, 9.17) is 9.47 Å². The average Bonchev–Trinajstić information content (AvgIpc) is 2.89. The second-order valence-electron chi connectivity index (χ2n) is 8.83. The molecule has 1 spiro atoms. The molecule has 0 radical (unpaired) electrons. The smallest absolute Gasteiger partial charge is 0.410 e. The third kappa shape index (κ3) is 4.23. The first kappa shape index (κ1) is 18.0. The topological polar surface area (TPSA) is 50.8 Å². The number of carbonyl (C=O) groups is 1. The monoisotopic (exact) mass is 338 g/mol. The lowest BCUT2D eigenvalue weighted by atomic mass is 9.75. The normalized spacial score (nSPS) is 28.3. The number of amides is 1. The molecule has 0 aromatic rings. The van der Waals surface area contributed by atoms with E-state index in [0.29, 0.717) is 17.5 Å². The molecule has 2 saturated heterocycles. The summed E-state index contributed by atoms with van der Waals surface area (Å²) in [6.07, 6.45) is 8.31. The molecule has 2 heterocycles. The molecule has 3 aliphatic rings. The van der Waals surface area contributed by atoms with Crippen LogP contribution in [0.25, 0.3) is 0 Å². The fraction of sp³-hybridized carbons (Fsp3) is 0.947. The van der Waals surface area contributed by atoms with Gasteiger partial charge in [-0.25, -0.2) is 4.79 Å². The van der Waals surface area contributed by atoms with Gasteiger partial charge in [-0.3, -0.25) is 0 Å². The third-order valence-electron chi connectivity index (χ3n) is 5.98. The maximum atomic E-state index is 12.2. The van der Waals surface area contributed by atoms with Crippen molar-refractivity contribution in [1.29, 1.82) is 0 Å². The molecule has 1 N–H and O–H groups in total. The van der Waals surface area contributed by atoms with Crippen molar-refractivity contribution in [1.82, 2.24) is 10.2 Å². The van der Waals surface area contributed by atoms with Gasteiger partial charge in [-0.2, -0.15) is 0 Å². The molecule has 1 atom stereocenters. The fourth-order valence-corrected chi connectivity index (χ4v) is 4.61. The average molecular weight is 338 g/mol. The van der Waals surface area contributed by atoms with E-state index >= 15 is 0 Å². The molecule has 0 aromatic carbocycles. The zero-order valence-corrected chi connectivity index (χ0v) is 15.6. The van der Waals surface area contributed by atoms with Crippen LogP contribution in [0.3, 0.4) is 0 Å². The second kappa shape index (κ2) is 7.20. The number of likely N-dealkylation sites (tertiary alicyclic amines) is 1. The summed E-state index contributed by atoms with van der Waals surface area (Å²) in [6.45, 7) is 9.22. The highest BCUT2D eigenvalue weighted by atomic mass is 16.6. The largest absolute Gasteiger partial charge is 0.444 e. The van der Waals surface area contributed by atoms with Gasteiger partial charge in [0.1, 0.15) is 5.60 Å². The number of rotatable bonds is 2. The van der Waals surface area contributed by atoms with Gasteiger partial charge in [0, 0.05) is 38.4 Å². The lowest BCUT2D eigenvalue weighted by molar-refractivity contribution is -0.00114. The first-order chi connectivity index (χ1) is 11.4. The minimum absolute atomic E-state index is 0.164. The molecule has 1 saturated carbocycles. The van der Waals surface area contributed by atoms with Gasteiger partial charge < -0.3 is 19.7 Å². The number of hydrogen-bond donors (Lipinski definition) is 1. The molecule has 1 amide bonds. The van der Waals surface area contributed by atoms with Crippen LogP contribution >= 0.6 is 0 Å². The van der Waals surface area contributed by atoms with Gasteiger partial charge in [0.25, 0.3) is 0 Å². The number of nitrogens with zero attached hydrogens (tertiary/aromatic N) is 1. The van der Waals surface area contributed by atoms with E-state index in [1.54, 1.807) is 0 Å². The molecule has 3 fully saturated rings. The van der Waals surface area contributed by atoms with E-state index in [0.717, 1.165) is 39.1 Å².